The lowest BCUT2D eigenvalue weighted by Crippen LogP contribution is -3.00. The summed E-state index contributed by atoms with van der Waals surface area (Å²) in [6, 6.07) is 31.1. The molecule has 2 saturated heterocycles. The Labute approximate surface area is 208 Å². The lowest BCUT2D eigenvalue weighted by Gasteiger charge is -2.42. The van der Waals surface area contributed by atoms with Crippen LogP contribution >= 0.6 is 0 Å². The number of ether oxygens (including phenoxy) is 1. The molecule has 2 fully saturated rings. The Bertz CT molecular complexity index is 962. The molecule has 2 aliphatic heterocycles. The number of aliphatic hydroxyl groups is 1. The number of hydrogen-bond acceptors (Lipinski definition) is 2. The smallest absolute Gasteiger partial charge is 0.126 e. The minimum Gasteiger partial charge on any atom is -1.00 e. The van der Waals surface area contributed by atoms with Crippen LogP contribution in [-0.4, -0.2) is 42.4 Å². The first-order valence-electron chi connectivity index (χ1n) is 12.0. The van der Waals surface area contributed by atoms with Crippen molar-refractivity contribution in [3.05, 3.63) is 108 Å². The lowest BCUT2D eigenvalue weighted by molar-refractivity contribution is -0.909. The monoisotopic (exact) mass is 507 g/mol. The fourth-order valence-electron chi connectivity index (χ4n) is 6.28. The van der Waals surface area contributed by atoms with Gasteiger partial charge in [-0.15, -0.1) is 0 Å². The van der Waals surface area contributed by atoms with Crippen LogP contribution in [0.2, 0.25) is 0 Å². The molecule has 174 valence electrons. The molecule has 3 nitrogen and oxygen atoms in total. The first kappa shape index (κ1) is 24.2. The Morgan fingerprint density at radius 3 is 1.85 bits per heavy atom. The van der Waals surface area contributed by atoms with Gasteiger partial charge >= 0.3 is 0 Å². The summed E-state index contributed by atoms with van der Waals surface area (Å²) in [6.45, 7) is 5.97. The quantitative estimate of drug-likeness (QED) is 0.355. The van der Waals surface area contributed by atoms with Crippen molar-refractivity contribution in [1.82, 2.24) is 0 Å². The Morgan fingerprint density at radius 2 is 1.30 bits per heavy atom. The van der Waals surface area contributed by atoms with Gasteiger partial charge in [-0.1, -0.05) is 91.0 Å². The summed E-state index contributed by atoms with van der Waals surface area (Å²) in [6.07, 6.45) is 3.20. The summed E-state index contributed by atoms with van der Waals surface area (Å²) in [5, 5.41) is 12.4. The number of rotatable bonds is 9. The minimum absolute atomic E-state index is 0. The summed E-state index contributed by atoms with van der Waals surface area (Å²) in [4.78, 5) is 0. The third kappa shape index (κ3) is 4.54. The summed E-state index contributed by atoms with van der Waals surface area (Å²) in [5.74, 6) is 0. The molecule has 4 heteroatoms. The number of nitrogens with zero attached hydrogens (tertiary/aromatic N) is 1. The lowest BCUT2D eigenvalue weighted by atomic mass is 9.63. The van der Waals surface area contributed by atoms with E-state index in [1.54, 1.807) is 0 Å². The first-order chi connectivity index (χ1) is 15.7. The van der Waals surface area contributed by atoms with Crippen molar-refractivity contribution in [2.24, 2.45) is 5.41 Å². The van der Waals surface area contributed by atoms with Crippen LogP contribution < -0.4 is 17.0 Å². The van der Waals surface area contributed by atoms with Gasteiger partial charge in [-0.05, 0) is 16.7 Å². The second kappa shape index (κ2) is 10.1. The highest BCUT2D eigenvalue weighted by atomic mass is 79.9. The normalized spacial score (nSPS) is 23.9. The highest BCUT2D eigenvalue weighted by Gasteiger charge is 2.65. The molecule has 1 N–H and O–H groups in total. The summed E-state index contributed by atoms with van der Waals surface area (Å²) < 4.78 is 7.08. The SMILES string of the molecule is OC(c1ccccc1)(c1ccccc1)C12CC[N+](CCCOCc3ccccc3)(CC1)C2.[Br-]. The van der Waals surface area contributed by atoms with Gasteiger partial charge in [0.2, 0.25) is 0 Å². The van der Waals surface area contributed by atoms with E-state index in [0.717, 1.165) is 67.7 Å². The van der Waals surface area contributed by atoms with Crippen LogP contribution in [0, 0.1) is 5.41 Å². The van der Waals surface area contributed by atoms with E-state index in [1.807, 2.05) is 18.2 Å². The maximum Gasteiger partial charge on any atom is 0.126 e. The molecule has 0 aliphatic carbocycles. The van der Waals surface area contributed by atoms with E-state index < -0.39 is 5.60 Å². The van der Waals surface area contributed by atoms with Crippen LogP contribution in [0.3, 0.4) is 0 Å². The van der Waals surface area contributed by atoms with Gasteiger partial charge in [0.05, 0.1) is 44.8 Å². The Hall–Kier alpha value is -1.98. The zero-order valence-corrected chi connectivity index (χ0v) is 20.8. The molecule has 5 rings (SSSR count). The first-order valence-corrected chi connectivity index (χ1v) is 12.0. The molecule has 0 spiro atoms. The van der Waals surface area contributed by atoms with Crippen LogP contribution in [0.5, 0.6) is 0 Å². The molecule has 0 unspecified atom stereocenters. The number of benzene rings is 3. The van der Waals surface area contributed by atoms with Gasteiger partial charge in [0.1, 0.15) is 5.60 Å². The summed E-state index contributed by atoms with van der Waals surface area (Å²) in [7, 11) is 0. The van der Waals surface area contributed by atoms with Gasteiger partial charge in [-0.2, -0.15) is 0 Å². The van der Waals surface area contributed by atoms with E-state index in [0.29, 0.717) is 6.61 Å². The topological polar surface area (TPSA) is 29.5 Å². The van der Waals surface area contributed by atoms with Crippen LogP contribution in [-0.2, 0) is 16.9 Å². The molecule has 0 aromatic heterocycles. The highest BCUT2D eigenvalue weighted by molar-refractivity contribution is 5.40. The molecule has 2 heterocycles. The van der Waals surface area contributed by atoms with Gasteiger partial charge in [0.15, 0.2) is 0 Å². The molecule has 0 saturated carbocycles. The standard InChI is InChI=1S/C29H34NO2.BrH/c31-29(26-13-6-2-7-14-26,27-15-8-3-9-16-27)28-17-20-30(24-28,21-18-28)19-10-22-32-23-25-11-4-1-5-12-25;/h1-9,11-16,31H,10,17-24H2;1H/q+1;/p-1. The summed E-state index contributed by atoms with van der Waals surface area (Å²) >= 11 is 0. The highest BCUT2D eigenvalue weighted by Crippen LogP contribution is 2.58. The second-order valence-corrected chi connectivity index (χ2v) is 9.79. The minimum atomic E-state index is -0.949. The van der Waals surface area contributed by atoms with Crippen molar-refractivity contribution in [2.45, 2.75) is 31.5 Å². The van der Waals surface area contributed by atoms with Crippen molar-refractivity contribution in [3.63, 3.8) is 0 Å². The largest absolute Gasteiger partial charge is 1.00 e. The zero-order valence-electron chi connectivity index (χ0n) is 19.2. The summed E-state index contributed by atoms with van der Waals surface area (Å²) in [5.41, 5.74) is 2.23. The fraction of sp³-hybridized carbons (Fsp3) is 0.379. The van der Waals surface area contributed by atoms with E-state index in [9.17, 15) is 5.11 Å². The molecular weight excluding hydrogens is 474 g/mol. The van der Waals surface area contributed by atoms with Crippen LogP contribution in [0.4, 0.5) is 0 Å². The van der Waals surface area contributed by atoms with Gasteiger partial charge in [-0.25, -0.2) is 0 Å². The van der Waals surface area contributed by atoms with E-state index in [-0.39, 0.29) is 22.4 Å². The number of fused-ring (bicyclic) bond motifs is 2. The second-order valence-electron chi connectivity index (χ2n) is 9.79. The maximum absolute atomic E-state index is 12.4. The van der Waals surface area contributed by atoms with Crippen molar-refractivity contribution < 1.29 is 31.3 Å². The van der Waals surface area contributed by atoms with Gasteiger partial charge < -0.3 is 31.3 Å². The molecule has 2 aliphatic rings. The van der Waals surface area contributed by atoms with Crippen molar-refractivity contribution in [2.75, 3.05) is 32.8 Å². The average molecular weight is 509 g/mol. The maximum atomic E-state index is 12.4. The molecule has 3 aromatic carbocycles. The molecule has 2 bridgehead atoms. The third-order valence-corrected chi connectivity index (χ3v) is 7.95. The number of quaternary nitrogens is 1. The average Bonchev–Trinajstić information content (AvgIpc) is 3.43. The van der Waals surface area contributed by atoms with Crippen molar-refractivity contribution in [3.8, 4) is 0 Å². The zero-order chi connectivity index (χ0) is 21.9. The molecular formula is C29H34BrNO2. The number of halogens is 1. The van der Waals surface area contributed by atoms with Crippen molar-refractivity contribution in [1.29, 1.82) is 0 Å². The molecule has 0 atom stereocenters. The number of piperidine rings is 1. The predicted octanol–water partition coefficient (Wildman–Crippen LogP) is 2.14. The van der Waals surface area contributed by atoms with Gasteiger partial charge in [0, 0.05) is 19.3 Å². The molecule has 33 heavy (non-hydrogen) atoms. The number of hydrogen-bond donors (Lipinski definition) is 1. The van der Waals surface area contributed by atoms with E-state index in [1.165, 1.54) is 5.56 Å². The van der Waals surface area contributed by atoms with Crippen LogP contribution in [0.25, 0.3) is 0 Å². The van der Waals surface area contributed by atoms with E-state index >= 15 is 0 Å². The molecule has 0 radical (unpaired) electrons. The predicted molar refractivity (Wildman–Crippen MR) is 128 cm³/mol. The van der Waals surface area contributed by atoms with Crippen LogP contribution in [0.15, 0.2) is 91.0 Å². The van der Waals surface area contributed by atoms with Crippen molar-refractivity contribution >= 4 is 0 Å². The van der Waals surface area contributed by atoms with E-state index in [2.05, 4.69) is 72.8 Å². The molecule has 3 aromatic rings. The Kier molecular flexibility index (Phi) is 7.40. The molecule has 0 amide bonds. The Balaban J connectivity index is 0.00000259. The van der Waals surface area contributed by atoms with Gasteiger partial charge in [-0.3, -0.25) is 0 Å². The Morgan fingerprint density at radius 1 is 0.788 bits per heavy atom. The van der Waals surface area contributed by atoms with E-state index in [4.69, 9.17) is 4.74 Å². The van der Waals surface area contributed by atoms with Gasteiger partial charge in [0.25, 0.3) is 0 Å². The fourth-order valence-corrected chi connectivity index (χ4v) is 6.28. The van der Waals surface area contributed by atoms with Crippen LogP contribution in [0.1, 0.15) is 36.0 Å². The third-order valence-electron chi connectivity index (χ3n) is 7.95.